The minimum atomic E-state index is 0. The van der Waals surface area contributed by atoms with Crippen LogP contribution in [0.15, 0.2) is 0 Å². The maximum absolute atomic E-state index is 0. The molecule has 0 N–H and O–H groups in total. The molecule has 0 aliphatic rings. The van der Waals surface area contributed by atoms with Gasteiger partial charge in [0.05, 0.1) is 0 Å². The Morgan fingerprint density at radius 2 is 1.00 bits per heavy atom. The van der Waals surface area contributed by atoms with E-state index >= 15 is 0 Å². The number of hydrogen-bond donors (Lipinski definition) is 0. The van der Waals surface area contributed by atoms with Crippen molar-refractivity contribution in [1.29, 1.82) is 0 Å². The molecule has 0 unspecified atom stereocenters. The first-order valence-corrected chi connectivity index (χ1v) is 0. The van der Waals surface area contributed by atoms with E-state index in [4.69, 9.17) is 0 Å². The second-order valence-electron chi connectivity index (χ2n) is 0. The molecule has 0 aromatic heterocycles. The van der Waals surface area contributed by atoms with Crippen LogP contribution in [0, 0.1) is 0 Å². The first-order chi connectivity index (χ1) is 0. The molecular formula is H8AlHgInPbZn. The first-order valence-electron chi connectivity index (χ1n) is 0. The van der Waals surface area contributed by atoms with Gasteiger partial charge in [0.15, 0.2) is 17.4 Å². The van der Waals surface area contributed by atoms with E-state index in [1.165, 1.54) is 0 Å². The van der Waals surface area contributed by atoms with Gasteiger partial charge >= 0.3 is 53.1 Å². The molecule has 2 radical (unpaired) electrons. The zero-order valence-corrected chi connectivity index (χ0v) is 16.1. The maximum atomic E-state index is 0. The van der Waals surface area contributed by atoms with Crippen molar-refractivity contribution in [1.82, 2.24) is 0 Å². The van der Waals surface area contributed by atoms with Gasteiger partial charge in [-0.25, -0.2) is 0 Å². The van der Waals surface area contributed by atoms with Gasteiger partial charge in [-0.15, -0.1) is 0 Å². The van der Waals surface area contributed by atoms with E-state index in [2.05, 4.69) is 0 Å². The molecule has 0 fully saturated rings. The predicted molar refractivity (Wildman–Crippen MR) is 28.4 cm³/mol. The molecule has 0 spiro atoms. The van der Waals surface area contributed by atoms with Crippen molar-refractivity contribution in [3.63, 3.8) is 0 Å². The van der Waals surface area contributed by atoms with E-state index in [9.17, 15) is 0 Å². The van der Waals surface area contributed by atoms with Gasteiger partial charge in [-0.3, -0.25) is 0 Å². The Hall–Kier alpha value is 3.88. The summed E-state index contributed by atoms with van der Waals surface area (Å²) in [5.41, 5.74) is 0. The smallest absolute Gasteiger partial charge is 0 e. The molecule has 22 valence electrons. The maximum Gasteiger partial charge on any atom is 0 e. The van der Waals surface area contributed by atoms with Gasteiger partial charge in [0.2, 0.25) is 0 Å². The summed E-state index contributed by atoms with van der Waals surface area (Å²) in [6.07, 6.45) is 0. The Balaban J connectivity index is 0. The Labute approximate surface area is 115 Å². The standard InChI is InChI=1S/Al.Hg.In.Pb.Zn.8H. The average molecular weight is 623 g/mol. The molecule has 0 atom stereocenters. The third-order valence-electron chi connectivity index (χ3n) is 0. The molecule has 0 saturated carbocycles. The SMILES string of the molecule is [AlH3].[Hg].[InH3].[PbH2].[Zn]. The third-order valence-corrected chi connectivity index (χ3v) is 0. The van der Waals surface area contributed by atoms with Crippen LogP contribution < -0.4 is 0 Å². The molecule has 0 aliphatic heterocycles. The van der Waals surface area contributed by atoms with Crippen molar-refractivity contribution in [2.45, 2.75) is 0 Å². The second-order valence-corrected chi connectivity index (χ2v) is 0. The van der Waals surface area contributed by atoms with Crippen LogP contribution in [0.25, 0.3) is 0 Å². The molecule has 5 heteroatoms. The van der Waals surface area contributed by atoms with Gasteiger partial charge in [-0.05, 0) is 0 Å². The molecule has 0 rings (SSSR count). The molecule has 5 heavy (non-hydrogen) atoms. The number of rotatable bonds is 0. The average Bonchev–Trinajstić information content (AvgIpc) is 0. The fourth-order valence-corrected chi connectivity index (χ4v) is 0. The van der Waals surface area contributed by atoms with E-state index in [0.29, 0.717) is 0 Å². The van der Waals surface area contributed by atoms with Crippen LogP contribution in [0.3, 0.4) is 0 Å². The fraction of sp³-hybridized carbons (Fsp3) is 0. The van der Waals surface area contributed by atoms with E-state index in [0.717, 1.165) is 0 Å². The monoisotopic (exact) mass is 624 g/mol. The molecule has 0 aromatic rings. The first kappa shape index (κ1) is 36.6. The van der Waals surface area contributed by atoms with Crippen LogP contribution in [0.4, 0.5) is 0 Å². The molecule has 0 saturated heterocycles. The van der Waals surface area contributed by atoms with Crippen molar-refractivity contribution in [3.8, 4) is 0 Å². The molecule has 0 bridgehead atoms. The van der Waals surface area contributed by atoms with Crippen LogP contribution in [0.1, 0.15) is 0 Å². The van der Waals surface area contributed by atoms with Gasteiger partial charge in [-0.1, -0.05) is 0 Å². The quantitative estimate of drug-likeness (QED) is 0.249. The molecule has 0 heterocycles. The summed E-state index contributed by atoms with van der Waals surface area (Å²) in [5, 5.41) is 0. The molecule has 0 aliphatic carbocycles. The second kappa shape index (κ2) is 24.8. The van der Waals surface area contributed by atoms with Crippen molar-refractivity contribution in [3.05, 3.63) is 0 Å². The molecule has 0 nitrogen and oxygen atoms in total. The van der Waals surface area contributed by atoms with Crippen molar-refractivity contribution < 1.29 is 47.1 Å². The largest absolute Gasteiger partial charge is 0 e. The van der Waals surface area contributed by atoms with Crippen molar-refractivity contribution in [2.75, 3.05) is 0 Å². The minimum absolute atomic E-state index is 0. The van der Waals surface area contributed by atoms with E-state index in [-0.39, 0.29) is 118 Å². The normalized spacial score (nSPS) is 0. The fourth-order valence-electron chi connectivity index (χ4n) is 0. The topological polar surface area (TPSA) is 0 Å². The summed E-state index contributed by atoms with van der Waals surface area (Å²) in [6, 6.07) is 0. The van der Waals surface area contributed by atoms with Crippen LogP contribution in [0.2, 0.25) is 0 Å². The van der Waals surface area contributed by atoms with Gasteiger partial charge in [-0.2, -0.15) is 0 Å². The number of hydrogen-bond acceptors (Lipinski definition) is 0. The van der Waals surface area contributed by atoms with Crippen molar-refractivity contribution >= 4 is 70.5 Å². The summed E-state index contributed by atoms with van der Waals surface area (Å²) < 4.78 is 0. The van der Waals surface area contributed by atoms with Gasteiger partial charge < -0.3 is 0 Å². The van der Waals surface area contributed by atoms with Gasteiger partial charge in [0, 0.05) is 47.1 Å². The predicted octanol–water partition coefficient (Wildman–Crippen LogP) is -3.29. The van der Waals surface area contributed by atoms with Crippen LogP contribution in [-0.4, -0.2) is 70.5 Å². The molecule has 0 amide bonds. The van der Waals surface area contributed by atoms with E-state index < -0.39 is 0 Å². The van der Waals surface area contributed by atoms with Crippen LogP contribution in [-0.2, 0) is 47.1 Å². The molecule has 0 aromatic carbocycles. The summed E-state index contributed by atoms with van der Waals surface area (Å²) in [4.78, 5) is 0. The van der Waals surface area contributed by atoms with E-state index in [1.54, 1.807) is 0 Å². The van der Waals surface area contributed by atoms with E-state index in [1.807, 2.05) is 0 Å². The van der Waals surface area contributed by atoms with Gasteiger partial charge in [0.1, 0.15) is 0 Å². The minimum Gasteiger partial charge on any atom is 0 e. The Morgan fingerprint density at radius 1 is 1.00 bits per heavy atom. The summed E-state index contributed by atoms with van der Waals surface area (Å²) in [7, 11) is 0. The molecular weight excluding hydrogens is 615 g/mol. The van der Waals surface area contributed by atoms with Crippen molar-refractivity contribution in [2.24, 2.45) is 0 Å². The Morgan fingerprint density at radius 3 is 1.00 bits per heavy atom. The zero-order valence-electron chi connectivity index (χ0n) is 2.12. The zero-order chi connectivity index (χ0) is 0. The third kappa shape index (κ3) is 18.1. The Bertz CT molecular complexity index is 11.6. The summed E-state index contributed by atoms with van der Waals surface area (Å²) in [5.74, 6) is 0. The van der Waals surface area contributed by atoms with Gasteiger partial charge in [0.25, 0.3) is 0 Å². The Kier molecular flexibility index (Phi) is 181. The summed E-state index contributed by atoms with van der Waals surface area (Å²) in [6.45, 7) is 0. The van der Waals surface area contributed by atoms with Crippen LogP contribution >= 0.6 is 0 Å². The summed E-state index contributed by atoms with van der Waals surface area (Å²) >= 11 is 0. The van der Waals surface area contributed by atoms with Crippen LogP contribution in [0.5, 0.6) is 0 Å².